The molecular weight excluding hydrogens is 331 g/mol. The Morgan fingerprint density at radius 3 is 2.71 bits per heavy atom. The van der Waals surface area contributed by atoms with Gasteiger partial charge in [-0.05, 0) is 22.6 Å². The molecule has 0 spiro atoms. The van der Waals surface area contributed by atoms with E-state index in [1.54, 1.807) is 7.11 Å². The molecule has 0 unspecified atom stereocenters. The first kappa shape index (κ1) is 12.3. The number of hydrogen-bond acceptors (Lipinski definition) is 3. The standard InChI is InChI=1S/C12H11IN2O2/c1-17-7-9-14-11(10(13)12(16)15-9)8-5-3-2-4-6-8/h2-6H,7H2,1H3,(H,14,15,16). The molecule has 1 aromatic heterocycles. The van der Waals surface area contributed by atoms with Crippen LogP contribution in [0.4, 0.5) is 0 Å². The highest BCUT2D eigenvalue weighted by Gasteiger charge is 2.10. The van der Waals surface area contributed by atoms with Gasteiger partial charge in [0.1, 0.15) is 16.0 Å². The Morgan fingerprint density at radius 2 is 2.06 bits per heavy atom. The normalized spacial score (nSPS) is 10.5. The van der Waals surface area contributed by atoms with Crippen molar-refractivity contribution in [2.75, 3.05) is 7.11 Å². The number of H-pyrrole nitrogens is 1. The summed E-state index contributed by atoms with van der Waals surface area (Å²) in [6.07, 6.45) is 0. The Balaban J connectivity index is 2.57. The molecule has 1 aromatic carbocycles. The lowest BCUT2D eigenvalue weighted by Gasteiger charge is -2.06. The van der Waals surface area contributed by atoms with Crippen LogP contribution in [0, 0.1) is 3.57 Å². The number of hydrogen-bond donors (Lipinski definition) is 1. The molecule has 0 aliphatic heterocycles. The summed E-state index contributed by atoms with van der Waals surface area (Å²) >= 11 is 2.01. The summed E-state index contributed by atoms with van der Waals surface area (Å²) in [5.74, 6) is 0.539. The Labute approximate surface area is 112 Å². The second-order valence-corrected chi connectivity index (χ2v) is 4.55. The van der Waals surface area contributed by atoms with Crippen molar-refractivity contribution >= 4 is 22.6 Å². The zero-order chi connectivity index (χ0) is 12.3. The number of rotatable bonds is 3. The molecule has 5 heteroatoms. The third-order valence-corrected chi connectivity index (χ3v) is 3.24. The molecule has 0 radical (unpaired) electrons. The molecule has 17 heavy (non-hydrogen) atoms. The molecule has 2 rings (SSSR count). The van der Waals surface area contributed by atoms with E-state index >= 15 is 0 Å². The van der Waals surface area contributed by atoms with Crippen molar-refractivity contribution < 1.29 is 4.74 Å². The number of nitrogens with one attached hydrogen (secondary N) is 1. The minimum Gasteiger partial charge on any atom is -0.377 e. The Bertz CT molecular complexity index is 566. The largest absolute Gasteiger partial charge is 0.377 e. The van der Waals surface area contributed by atoms with Gasteiger partial charge < -0.3 is 9.72 Å². The summed E-state index contributed by atoms with van der Waals surface area (Å²) in [5, 5.41) is 0. The highest BCUT2D eigenvalue weighted by molar-refractivity contribution is 14.1. The van der Waals surface area contributed by atoms with Crippen LogP contribution in [0.25, 0.3) is 11.3 Å². The van der Waals surface area contributed by atoms with Crippen molar-refractivity contribution in [1.82, 2.24) is 9.97 Å². The van der Waals surface area contributed by atoms with Crippen molar-refractivity contribution in [1.29, 1.82) is 0 Å². The molecule has 0 bridgehead atoms. The van der Waals surface area contributed by atoms with Crippen LogP contribution in [-0.4, -0.2) is 17.1 Å². The van der Waals surface area contributed by atoms with E-state index in [1.165, 1.54) is 0 Å². The molecule has 0 saturated heterocycles. The van der Waals surface area contributed by atoms with E-state index in [2.05, 4.69) is 9.97 Å². The number of aromatic amines is 1. The summed E-state index contributed by atoms with van der Waals surface area (Å²) < 4.78 is 5.57. The molecule has 0 aliphatic carbocycles. The van der Waals surface area contributed by atoms with E-state index in [9.17, 15) is 4.79 Å². The maximum absolute atomic E-state index is 11.8. The minimum atomic E-state index is -0.133. The Hall–Kier alpha value is -1.21. The van der Waals surface area contributed by atoms with Crippen LogP contribution < -0.4 is 5.56 Å². The summed E-state index contributed by atoms with van der Waals surface area (Å²) in [6.45, 7) is 0.298. The molecule has 0 aliphatic rings. The molecule has 0 fully saturated rings. The van der Waals surface area contributed by atoms with Gasteiger partial charge in [-0.3, -0.25) is 4.79 Å². The van der Waals surface area contributed by atoms with Gasteiger partial charge >= 0.3 is 0 Å². The predicted molar refractivity (Wildman–Crippen MR) is 73.7 cm³/mol. The second-order valence-electron chi connectivity index (χ2n) is 3.47. The van der Waals surface area contributed by atoms with Gasteiger partial charge in [0.2, 0.25) is 0 Å². The zero-order valence-corrected chi connectivity index (χ0v) is 11.4. The van der Waals surface area contributed by atoms with Crippen LogP contribution in [0.2, 0.25) is 0 Å². The van der Waals surface area contributed by atoms with Gasteiger partial charge in [0.05, 0.1) is 5.69 Å². The van der Waals surface area contributed by atoms with Crippen LogP contribution >= 0.6 is 22.6 Å². The number of methoxy groups -OCH3 is 1. The highest BCUT2D eigenvalue weighted by Crippen LogP contribution is 2.20. The average Bonchev–Trinajstić information content (AvgIpc) is 2.35. The minimum absolute atomic E-state index is 0.133. The fourth-order valence-electron chi connectivity index (χ4n) is 1.50. The first-order valence-corrected chi connectivity index (χ1v) is 6.13. The predicted octanol–water partition coefficient (Wildman–Crippen LogP) is 2.19. The van der Waals surface area contributed by atoms with E-state index in [-0.39, 0.29) is 5.56 Å². The summed E-state index contributed by atoms with van der Waals surface area (Å²) in [5.41, 5.74) is 1.49. The van der Waals surface area contributed by atoms with Crippen molar-refractivity contribution in [2.24, 2.45) is 0 Å². The second kappa shape index (κ2) is 5.42. The van der Waals surface area contributed by atoms with Crippen molar-refractivity contribution in [3.63, 3.8) is 0 Å². The van der Waals surface area contributed by atoms with Gasteiger partial charge in [-0.25, -0.2) is 4.98 Å². The highest BCUT2D eigenvalue weighted by atomic mass is 127. The van der Waals surface area contributed by atoms with Gasteiger partial charge in [0, 0.05) is 12.7 Å². The summed E-state index contributed by atoms with van der Waals surface area (Å²) in [6, 6.07) is 9.63. The summed E-state index contributed by atoms with van der Waals surface area (Å²) in [7, 11) is 1.57. The molecule has 0 atom stereocenters. The first-order valence-electron chi connectivity index (χ1n) is 5.05. The van der Waals surface area contributed by atoms with E-state index < -0.39 is 0 Å². The first-order chi connectivity index (χ1) is 8.22. The third kappa shape index (κ3) is 2.73. The molecule has 4 nitrogen and oxygen atoms in total. The summed E-state index contributed by atoms with van der Waals surface area (Å²) in [4.78, 5) is 18.8. The van der Waals surface area contributed by atoms with Crippen LogP contribution in [0.1, 0.15) is 5.82 Å². The smallest absolute Gasteiger partial charge is 0.265 e. The van der Waals surface area contributed by atoms with Crippen molar-refractivity contribution in [3.8, 4) is 11.3 Å². The van der Waals surface area contributed by atoms with E-state index in [0.29, 0.717) is 21.7 Å². The molecular formula is C12H11IN2O2. The molecule has 1 heterocycles. The van der Waals surface area contributed by atoms with Gasteiger partial charge in [-0.15, -0.1) is 0 Å². The van der Waals surface area contributed by atoms with Crippen LogP contribution in [0.15, 0.2) is 35.1 Å². The lowest BCUT2D eigenvalue weighted by Crippen LogP contribution is -2.16. The fourth-order valence-corrected chi connectivity index (χ4v) is 2.06. The molecule has 88 valence electrons. The monoisotopic (exact) mass is 342 g/mol. The topological polar surface area (TPSA) is 55.0 Å². The SMILES string of the molecule is COCc1nc(-c2ccccc2)c(I)c(=O)[nH]1. The maximum atomic E-state index is 11.8. The Morgan fingerprint density at radius 1 is 1.35 bits per heavy atom. The van der Waals surface area contributed by atoms with Crippen LogP contribution in [-0.2, 0) is 11.3 Å². The van der Waals surface area contributed by atoms with Crippen LogP contribution in [0.3, 0.4) is 0 Å². The zero-order valence-electron chi connectivity index (χ0n) is 9.24. The molecule has 0 saturated carbocycles. The number of halogens is 1. The van der Waals surface area contributed by atoms with Gasteiger partial charge in [0.25, 0.3) is 5.56 Å². The molecule has 1 N–H and O–H groups in total. The van der Waals surface area contributed by atoms with E-state index in [0.717, 1.165) is 5.56 Å². The number of aromatic nitrogens is 2. The third-order valence-electron chi connectivity index (χ3n) is 2.24. The molecule has 0 amide bonds. The quantitative estimate of drug-likeness (QED) is 0.870. The van der Waals surface area contributed by atoms with Crippen molar-refractivity contribution in [2.45, 2.75) is 6.61 Å². The molecule has 2 aromatic rings. The van der Waals surface area contributed by atoms with Crippen molar-refractivity contribution in [3.05, 3.63) is 50.1 Å². The average molecular weight is 342 g/mol. The van der Waals surface area contributed by atoms with Crippen LogP contribution in [0.5, 0.6) is 0 Å². The van der Waals surface area contributed by atoms with Gasteiger partial charge in [-0.1, -0.05) is 30.3 Å². The van der Waals surface area contributed by atoms with Gasteiger partial charge in [0.15, 0.2) is 0 Å². The maximum Gasteiger partial charge on any atom is 0.265 e. The number of nitrogens with zero attached hydrogens (tertiary/aromatic N) is 1. The van der Waals surface area contributed by atoms with E-state index in [4.69, 9.17) is 4.74 Å². The van der Waals surface area contributed by atoms with E-state index in [1.807, 2.05) is 52.9 Å². The Kier molecular flexibility index (Phi) is 3.90. The fraction of sp³-hybridized carbons (Fsp3) is 0.167. The number of ether oxygens (including phenoxy) is 1. The lowest BCUT2D eigenvalue weighted by molar-refractivity contribution is 0.177. The number of benzene rings is 1. The lowest BCUT2D eigenvalue weighted by atomic mass is 10.1. The van der Waals surface area contributed by atoms with Gasteiger partial charge in [-0.2, -0.15) is 0 Å².